The maximum Gasteiger partial charge on any atom is 0.234 e. The van der Waals surface area contributed by atoms with E-state index in [1.165, 1.54) is 12.1 Å². The molecule has 3 amide bonds. The Bertz CT molecular complexity index is 983. The Hall–Kier alpha value is -2.44. The summed E-state index contributed by atoms with van der Waals surface area (Å²) in [6, 6.07) is 9.10. The van der Waals surface area contributed by atoms with Crippen molar-refractivity contribution in [3.05, 3.63) is 69.0 Å². The van der Waals surface area contributed by atoms with Gasteiger partial charge >= 0.3 is 0 Å². The first-order valence-electron chi connectivity index (χ1n) is 9.45. The number of halogens is 3. The zero-order valence-corrected chi connectivity index (χ0v) is 18.0. The molecule has 1 unspecified atom stereocenters. The van der Waals surface area contributed by atoms with Gasteiger partial charge in [0.05, 0.1) is 11.3 Å². The smallest absolute Gasteiger partial charge is 0.234 e. The molecule has 1 saturated heterocycles. The van der Waals surface area contributed by atoms with Gasteiger partial charge in [-0.2, -0.15) is 0 Å². The predicted molar refractivity (Wildman–Crippen MR) is 113 cm³/mol. The SMILES string of the molecule is CC(C)(C(=O)NCc1cc(Cl)c(C2CCC(=O)NC2=O)c(Cl)c1)c1ccc(F)cc1. The summed E-state index contributed by atoms with van der Waals surface area (Å²) < 4.78 is 13.2. The van der Waals surface area contributed by atoms with Gasteiger partial charge in [0, 0.05) is 28.6 Å². The first-order chi connectivity index (χ1) is 14.1. The minimum Gasteiger partial charge on any atom is -0.351 e. The fraction of sp³-hybridized carbons (Fsp3) is 0.318. The molecule has 0 saturated carbocycles. The number of hydrogen-bond acceptors (Lipinski definition) is 3. The van der Waals surface area contributed by atoms with Crippen molar-refractivity contribution in [3.8, 4) is 0 Å². The van der Waals surface area contributed by atoms with Crippen LogP contribution in [0, 0.1) is 5.82 Å². The van der Waals surface area contributed by atoms with Gasteiger partial charge in [0.25, 0.3) is 0 Å². The van der Waals surface area contributed by atoms with Gasteiger partial charge in [-0.15, -0.1) is 0 Å². The zero-order valence-electron chi connectivity index (χ0n) is 16.5. The van der Waals surface area contributed by atoms with Crippen LogP contribution in [0.1, 0.15) is 49.3 Å². The highest BCUT2D eigenvalue weighted by Gasteiger charge is 2.32. The second-order valence-corrected chi connectivity index (χ2v) is 8.61. The molecular formula is C22H21Cl2FN2O3. The standard InChI is InChI=1S/C22H21Cl2FN2O3/c1-22(2,13-3-5-14(25)6-4-13)21(30)26-11-12-9-16(23)19(17(24)10-12)15-7-8-18(28)27-20(15)29/h3-6,9-10,15H,7-8,11H2,1-2H3,(H,26,30)(H,27,28,29). The number of nitrogens with one attached hydrogen (secondary N) is 2. The van der Waals surface area contributed by atoms with Gasteiger partial charge in [-0.05, 0) is 55.7 Å². The molecule has 1 fully saturated rings. The minimum atomic E-state index is -0.867. The average molecular weight is 451 g/mol. The highest BCUT2D eigenvalue weighted by Crippen LogP contribution is 2.37. The molecule has 8 heteroatoms. The van der Waals surface area contributed by atoms with Crippen LogP contribution in [0.15, 0.2) is 36.4 Å². The molecule has 1 aliphatic heterocycles. The van der Waals surface area contributed by atoms with Crippen molar-refractivity contribution in [1.82, 2.24) is 10.6 Å². The van der Waals surface area contributed by atoms with Gasteiger partial charge in [0.2, 0.25) is 17.7 Å². The molecule has 30 heavy (non-hydrogen) atoms. The summed E-state index contributed by atoms with van der Waals surface area (Å²) in [6.45, 7) is 3.68. The van der Waals surface area contributed by atoms with E-state index in [-0.39, 0.29) is 30.6 Å². The summed E-state index contributed by atoms with van der Waals surface area (Å²) in [6.07, 6.45) is 0.561. The monoisotopic (exact) mass is 450 g/mol. The van der Waals surface area contributed by atoms with E-state index in [2.05, 4.69) is 10.6 Å². The summed E-state index contributed by atoms with van der Waals surface area (Å²) in [5.74, 6) is -1.93. The number of piperidine rings is 1. The van der Waals surface area contributed by atoms with E-state index in [9.17, 15) is 18.8 Å². The minimum absolute atomic E-state index is 0.179. The van der Waals surface area contributed by atoms with E-state index in [0.717, 1.165) is 0 Å². The van der Waals surface area contributed by atoms with Gasteiger partial charge in [-0.3, -0.25) is 19.7 Å². The van der Waals surface area contributed by atoms with Crippen LogP contribution >= 0.6 is 23.2 Å². The second-order valence-electron chi connectivity index (χ2n) is 7.79. The van der Waals surface area contributed by atoms with Gasteiger partial charge in [-0.1, -0.05) is 35.3 Å². The van der Waals surface area contributed by atoms with Crippen molar-refractivity contribution in [2.45, 2.75) is 44.6 Å². The maximum atomic E-state index is 13.2. The lowest BCUT2D eigenvalue weighted by molar-refractivity contribution is -0.134. The molecular weight excluding hydrogens is 430 g/mol. The molecule has 1 aliphatic rings. The third kappa shape index (κ3) is 4.65. The number of hydrogen-bond donors (Lipinski definition) is 2. The molecule has 2 aromatic carbocycles. The molecule has 0 aromatic heterocycles. The van der Waals surface area contributed by atoms with Crippen LogP contribution in [0.4, 0.5) is 4.39 Å². The summed E-state index contributed by atoms with van der Waals surface area (Å²) in [7, 11) is 0. The molecule has 0 spiro atoms. The van der Waals surface area contributed by atoms with Crippen LogP contribution in [0.2, 0.25) is 10.0 Å². The van der Waals surface area contributed by atoms with Crippen molar-refractivity contribution < 1.29 is 18.8 Å². The van der Waals surface area contributed by atoms with E-state index in [4.69, 9.17) is 23.2 Å². The van der Waals surface area contributed by atoms with E-state index in [1.807, 2.05) is 0 Å². The predicted octanol–water partition coefficient (Wildman–Crippen LogP) is 4.25. The molecule has 0 aliphatic carbocycles. The Morgan fingerprint density at radius 1 is 1.17 bits per heavy atom. The Labute approximate surface area is 183 Å². The van der Waals surface area contributed by atoms with Crippen LogP contribution in [-0.4, -0.2) is 17.7 Å². The number of benzene rings is 2. The molecule has 3 rings (SSSR count). The Kier molecular flexibility index (Phi) is 6.48. The zero-order chi connectivity index (χ0) is 22.1. The molecule has 2 N–H and O–H groups in total. The summed E-state index contributed by atoms with van der Waals surface area (Å²) in [4.78, 5) is 36.2. The van der Waals surface area contributed by atoms with E-state index < -0.39 is 17.2 Å². The first-order valence-corrected chi connectivity index (χ1v) is 10.2. The van der Waals surface area contributed by atoms with E-state index >= 15 is 0 Å². The molecule has 2 aromatic rings. The number of imide groups is 1. The normalized spacial score (nSPS) is 16.9. The number of amides is 3. The Morgan fingerprint density at radius 3 is 2.33 bits per heavy atom. The quantitative estimate of drug-likeness (QED) is 0.668. The second kappa shape index (κ2) is 8.74. The van der Waals surface area contributed by atoms with Crippen molar-refractivity contribution in [2.75, 3.05) is 0 Å². The Morgan fingerprint density at radius 2 is 1.77 bits per heavy atom. The molecule has 0 bridgehead atoms. The molecule has 1 atom stereocenters. The first kappa shape index (κ1) is 22.2. The highest BCUT2D eigenvalue weighted by atomic mass is 35.5. The maximum absolute atomic E-state index is 13.2. The number of carbonyl (C=O) groups excluding carboxylic acids is 3. The van der Waals surface area contributed by atoms with Gasteiger partial charge in [-0.25, -0.2) is 4.39 Å². The molecule has 0 radical (unpaired) electrons. The fourth-order valence-corrected chi connectivity index (χ4v) is 4.24. The fourth-order valence-electron chi connectivity index (χ4n) is 3.44. The summed E-state index contributed by atoms with van der Waals surface area (Å²) >= 11 is 12.8. The lowest BCUT2D eigenvalue weighted by Gasteiger charge is -2.25. The third-order valence-electron chi connectivity index (χ3n) is 5.31. The molecule has 5 nitrogen and oxygen atoms in total. The highest BCUT2D eigenvalue weighted by molar-refractivity contribution is 6.36. The number of rotatable bonds is 5. The van der Waals surface area contributed by atoms with Crippen LogP contribution in [0.5, 0.6) is 0 Å². The largest absolute Gasteiger partial charge is 0.351 e. The molecule has 158 valence electrons. The van der Waals surface area contributed by atoms with E-state index in [0.29, 0.717) is 33.2 Å². The number of carbonyl (C=O) groups is 3. The van der Waals surface area contributed by atoms with Crippen molar-refractivity contribution in [3.63, 3.8) is 0 Å². The van der Waals surface area contributed by atoms with Gasteiger partial charge in [0.15, 0.2) is 0 Å². The lowest BCUT2D eigenvalue weighted by Crippen LogP contribution is -2.40. The summed E-state index contributed by atoms with van der Waals surface area (Å²) in [5.41, 5.74) is 0.966. The van der Waals surface area contributed by atoms with Crippen molar-refractivity contribution in [1.29, 1.82) is 0 Å². The third-order valence-corrected chi connectivity index (χ3v) is 5.94. The van der Waals surface area contributed by atoms with Crippen molar-refractivity contribution >= 4 is 40.9 Å². The molecule has 1 heterocycles. The van der Waals surface area contributed by atoms with Crippen LogP contribution < -0.4 is 10.6 Å². The van der Waals surface area contributed by atoms with Crippen LogP contribution in [0.3, 0.4) is 0 Å². The summed E-state index contributed by atoms with van der Waals surface area (Å²) in [5, 5.41) is 5.75. The van der Waals surface area contributed by atoms with Crippen LogP contribution in [-0.2, 0) is 26.3 Å². The van der Waals surface area contributed by atoms with Crippen molar-refractivity contribution in [2.24, 2.45) is 0 Å². The average Bonchev–Trinajstić information content (AvgIpc) is 2.67. The lowest BCUT2D eigenvalue weighted by atomic mass is 9.83. The van der Waals surface area contributed by atoms with Gasteiger partial charge < -0.3 is 5.32 Å². The van der Waals surface area contributed by atoms with Crippen LogP contribution in [0.25, 0.3) is 0 Å². The van der Waals surface area contributed by atoms with Gasteiger partial charge in [0.1, 0.15) is 5.82 Å². The Balaban J connectivity index is 1.73. The van der Waals surface area contributed by atoms with E-state index in [1.54, 1.807) is 38.1 Å². The topological polar surface area (TPSA) is 75.3 Å².